The van der Waals surface area contributed by atoms with Crippen LogP contribution in [0.25, 0.3) is 0 Å². The Balaban J connectivity index is 2.74. The molecule has 0 saturated carbocycles. The highest BCUT2D eigenvalue weighted by Gasteiger charge is 2.33. The fourth-order valence-electron chi connectivity index (χ4n) is 1.17. The van der Waals surface area contributed by atoms with Gasteiger partial charge in [0.2, 0.25) is 0 Å². The van der Waals surface area contributed by atoms with E-state index < -0.39 is 17.5 Å². The SMILES string of the molecule is CN1C(=O)c2cnc(=O)[nH]c2C1=O. The Morgan fingerprint density at radius 1 is 1.31 bits per heavy atom. The van der Waals surface area contributed by atoms with Gasteiger partial charge in [-0.1, -0.05) is 0 Å². The van der Waals surface area contributed by atoms with Crippen LogP contribution in [-0.2, 0) is 0 Å². The zero-order valence-electron chi connectivity index (χ0n) is 6.70. The average molecular weight is 179 g/mol. The highest BCUT2D eigenvalue weighted by atomic mass is 16.2. The maximum Gasteiger partial charge on any atom is 0.345 e. The summed E-state index contributed by atoms with van der Waals surface area (Å²) in [6.45, 7) is 0. The van der Waals surface area contributed by atoms with Crippen LogP contribution in [0, 0.1) is 0 Å². The Bertz CT molecular complexity index is 462. The van der Waals surface area contributed by atoms with Gasteiger partial charge in [0, 0.05) is 13.2 Å². The monoisotopic (exact) mass is 179 g/mol. The molecule has 2 amide bonds. The first-order chi connectivity index (χ1) is 6.11. The topological polar surface area (TPSA) is 83.1 Å². The number of nitrogens with zero attached hydrogens (tertiary/aromatic N) is 2. The van der Waals surface area contributed by atoms with Crippen molar-refractivity contribution in [2.75, 3.05) is 7.05 Å². The number of hydrogen-bond donors (Lipinski definition) is 1. The standard InChI is InChI=1S/C7H5N3O3/c1-10-5(11)3-2-8-7(13)9-4(3)6(10)12/h2H,1H3,(H,8,9,13). The van der Waals surface area contributed by atoms with Gasteiger partial charge >= 0.3 is 5.69 Å². The van der Waals surface area contributed by atoms with E-state index in [-0.39, 0.29) is 11.3 Å². The average Bonchev–Trinajstić information content (AvgIpc) is 2.32. The lowest BCUT2D eigenvalue weighted by atomic mass is 10.3. The van der Waals surface area contributed by atoms with Crippen molar-refractivity contribution in [2.45, 2.75) is 0 Å². The van der Waals surface area contributed by atoms with Crippen LogP contribution in [-0.4, -0.2) is 33.7 Å². The molecule has 0 unspecified atom stereocenters. The number of carbonyl (C=O) groups is 2. The number of fused-ring (bicyclic) bond motifs is 1. The highest BCUT2D eigenvalue weighted by Crippen LogP contribution is 2.16. The van der Waals surface area contributed by atoms with E-state index in [9.17, 15) is 14.4 Å². The van der Waals surface area contributed by atoms with Gasteiger partial charge in [-0.05, 0) is 0 Å². The summed E-state index contributed by atoms with van der Waals surface area (Å²) in [5.74, 6) is -0.941. The molecule has 1 aromatic heterocycles. The molecule has 13 heavy (non-hydrogen) atoms. The molecule has 0 atom stereocenters. The molecule has 0 fully saturated rings. The minimum absolute atomic E-state index is 0.0208. The van der Waals surface area contributed by atoms with Crippen molar-refractivity contribution in [1.82, 2.24) is 14.9 Å². The van der Waals surface area contributed by atoms with Gasteiger partial charge in [-0.3, -0.25) is 14.5 Å². The van der Waals surface area contributed by atoms with Gasteiger partial charge in [0.15, 0.2) is 0 Å². The summed E-state index contributed by atoms with van der Waals surface area (Å²) < 4.78 is 0. The number of aromatic nitrogens is 2. The Labute approximate surface area is 72.2 Å². The number of carbonyl (C=O) groups excluding carboxylic acids is 2. The molecule has 0 bridgehead atoms. The van der Waals surface area contributed by atoms with Crippen LogP contribution in [0.1, 0.15) is 20.8 Å². The van der Waals surface area contributed by atoms with Gasteiger partial charge in [0.1, 0.15) is 5.69 Å². The second-order valence-corrected chi connectivity index (χ2v) is 2.65. The molecule has 6 heteroatoms. The summed E-state index contributed by atoms with van der Waals surface area (Å²) in [7, 11) is 1.35. The molecular formula is C7H5N3O3. The molecule has 0 aliphatic carbocycles. The molecule has 1 aliphatic rings. The van der Waals surface area contributed by atoms with Crippen molar-refractivity contribution in [2.24, 2.45) is 0 Å². The molecule has 1 aromatic rings. The van der Waals surface area contributed by atoms with Gasteiger partial charge in [-0.2, -0.15) is 0 Å². The lowest BCUT2D eigenvalue weighted by molar-refractivity contribution is 0.0691. The minimum atomic E-state index is -0.629. The number of imide groups is 1. The minimum Gasteiger partial charge on any atom is -0.300 e. The van der Waals surface area contributed by atoms with E-state index >= 15 is 0 Å². The third kappa shape index (κ3) is 0.883. The maximum atomic E-state index is 11.3. The van der Waals surface area contributed by atoms with Crippen molar-refractivity contribution in [3.63, 3.8) is 0 Å². The number of aromatic amines is 1. The predicted molar refractivity (Wildman–Crippen MR) is 41.3 cm³/mol. The summed E-state index contributed by atoms with van der Waals surface area (Å²) in [5.41, 5.74) is -0.463. The van der Waals surface area contributed by atoms with Crippen LogP contribution in [0.4, 0.5) is 0 Å². The van der Waals surface area contributed by atoms with Gasteiger partial charge in [0.25, 0.3) is 11.8 Å². The molecule has 1 N–H and O–H groups in total. The van der Waals surface area contributed by atoms with E-state index in [2.05, 4.69) is 9.97 Å². The van der Waals surface area contributed by atoms with Crippen LogP contribution in [0.15, 0.2) is 11.0 Å². The molecular weight excluding hydrogens is 174 g/mol. The van der Waals surface area contributed by atoms with Crippen molar-refractivity contribution >= 4 is 11.8 Å². The predicted octanol–water partition coefficient (Wildman–Crippen LogP) is -1.00. The smallest absolute Gasteiger partial charge is 0.300 e. The van der Waals surface area contributed by atoms with Crippen molar-refractivity contribution in [3.05, 3.63) is 27.9 Å². The van der Waals surface area contributed by atoms with Crippen molar-refractivity contribution in [1.29, 1.82) is 0 Å². The summed E-state index contributed by atoms with van der Waals surface area (Å²) in [5, 5.41) is 0. The third-order valence-corrected chi connectivity index (χ3v) is 1.87. The first-order valence-corrected chi connectivity index (χ1v) is 3.53. The lowest BCUT2D eigenvalue weighted by Crippen LogP contribution is -2.24. The Kier molecular flexibility index (Phi) is 1.33. The van der Waals surface area contributed by atoms with Crippen molar-refractivity contribution < 1.29 is 9.59 Å². The van der Waals surface area contributed by atoms with Crippen LogP contribution in [0.3, 0.4) is 0 Å². The summed E-state index contributed by atoms with van der Waals surface area (Å²) >= 11 is 0. The molecule has 2 heterocycles. The second-order valence-electron chi connectivity index (χ2n) is 2.65. The quantitative estimate of drug-likeness (QED) is 0.517. The highest BCUT2D eigenvalue weighted by molar-refractivity contribution is 6.19. The summed E-state index contributed by atoms with van der Waals surface area (Å²) in [6.07, 6.45) is 1.11. The largest absolute Gasteiger partial charge is 0.345 e. The lowest BCUT2D eigenvalue weighted by Gasteiger charge is -2.01. The van der Waals surface area contributed by atoms with Gasteiger partial charge < -0.3 is 4.98 Å². The number of rotatable bonds is 0. The number of amides is 2. The van der Waals surface area contributed by atoms with Crippen LogP contribution in [0.5, 0.6) is 0 Å². The molecule has 0 saturated heterocycles. The summed E-state index contributed by atoms with van der Waals surface area (Å²) in [4.78, 5) is 39.8. The second kappa shape index (κ2) is 2.25. The molecule has 2 rings (SSSR count). The first kappa shape index (κ1) is 7.66. The molecule has 6 nitrogen and oxygen atoms in total. The zero-order chi connectivity index (χ0) is 9.59. The van der Waals surface area contributed by atoms with Crippen LogP contribution in [0.2, 0.25) is 0 Å². The van der Waals surface area contributed by atoms with E-state index in [0.29, 0.717) is 0 Å². The fourth-order valence-corrected chi connectivity index (χ4v) is 1.17. The van der Waals surface area contributed by atoms with Gasteiger partial charge in [-0.15, -0.1) is 0 Å². The third-order valence-electron chi connectivity index (χ3n) is 1.87. The van der Waals surface area contributed by atoms with E-state index in [1.807, 2.05) is 0 Å². The fraction of sp³-hybridized carbons (Fsp3) is 0.143. The Morgan fingerprint density at radius 2 is 2.00 bits per heavy atom. The normalized spacial score (nSPS) is 15.0. The maximum absolute atomic E-state index is 11.3. The molecule has 0 spiro atoms. The Morgan fingerprint density at radius 3 is 2.69 bits per heavy atom. The summed E-state index contributed by atoms with van der Waals surface area (Å²) in [6, 6.07) is 0. The van der Waals surface area contributed by atoms with Crippen LogP contribution >= 0.6 is 0 Å². The van der Waals surface area contributed by atoms with E-state index in [1.165, 1.54) is 7.05 Å². The molecule has 0 aromatic carbocycles. The molecule has 0 radical (unpaired) electrons. The van der Waals surface area contributed by atoms with Gasteiger partial charge in [0.05, 0.1) is 5.56 Å². The number of nitrogens with one attached hydrogen (secondary N) is 1. The van der Waals surface area contributed by atoms with Gasteiger partial charge in [-0.25, -0.2) is 9.78 Å². The van der Waals surface area contributed by atoms with Crippen molar-refractivity contribution in [3.8, 4) is 0 Å². The Hall–Kier alpha value is -1.98. The molecule has 66 valence electrons. The van der Waals surface area contributed by atoms with Crippen LogP contribution < -0.4 is 5.69 Å². The van der Waals surface area contributed by atoms with E-state index in [0.717, 1.165) is 11.1 Å². The first-order valence-electron chi connectivity index (χ1n) is 3.53. The zero-order valence-corrected chi connectivity index (χ0v) is 6.70. The van der Waals surface area contributed by atoms with E-state index in [4.69, 9.17) is 0 Å². The number of H-pyrrole nitrogens is 1. The number of hydrogen-bond acceptors (Lipinski definition) is 4. The van der Waals surface area contributed by atoms with E-state index in [1.54, 1.807) is 0 Å². The molecule has 1 aliphatic heterocycles.